The minimum atomic E-state index is -4.44. The number of hydrogen-bond donors (Lipinski definition) is 0. The molecule has 1 atom stereocenters. The second-order valence-electron chi connectivity index (χ2n) is 7.13. The fraction of sp³-hybridized carbons (Fsp3) is 0.182. The summed E-state index contributed by atoms with van der Waals surface area (Å²) in [5.74, 6) is -0.720. The van der Waals surface area contributed by atoms with E-state index in [4.69, 9.17) is 9.47 Å². The molecule has 0 saturated heterocycles. The Balaban J connectivity index is 1.88. The van der Waals surface area contributed by atoms with Crippen molar-refractivity contribution in [1.82, 2.24) is 13.9 Å². The number of fused-ring (bicyclic) bond motifs is 1. The van der Waals surface area contributed by atoms with Crippen LogP contribution in [-0.2, 0) is 26.6 Å². The molecule has 0 aliphatic rings. The number of pyridine rings is 1. The highest BCUT2D eigenvalue weighted by Gasteiger charge is 2.29. The minimum Gasteiger partial charge on any atom is -0.493 e. The maximum absolute atomic E-state index is 13.5. The molecule has 0 aliphatic carbocycles. The number of hydrogen-bond acceptors (Lipinski definition) is 8. The average Bonchev–Trinajstić information content (AvgIpc) is 3.23. The lowest BCUT2D eigenvalue weighted by Crippen LogP contribution is -2.18. The first-order valence-electron chi connectivity index (χ1n) is 10.1. The van der Waals surface area contributed by atoms with Crippen LogP contribution in [0.4, 0.5) is 13.2 Å². The Kier molecular flexibility index (Phi) is 7.17. The second-order valence-corrected chi connectivity index (χ2v) is 10.3. The van der Waals surface area contributed by atoms with E-state index in [-0.39, 0.29) is 38.9 Å². The van der Waals surface area contributed by atoms with E-state index in [1.54, 1.807) is 0 Å². The second kappa shape index (κ2) is 10.1. The van der Waals surface area contributed by atoms with E-state index in [9.17, 15) is 25.8 Å². The van der Waals surface area contributed by atoms with Crippen LogP contribution in [0.5, 0.6) is 17.2 Å². The summed E-state index contributed by atoms with van der Waals surface area (Å²) in [6, 6.07) is 8.98. The van der Waals surface area contributed by atoms with Gasteiger partial charge in [0, 0.05) is 18.3 Å². The van der Waals surface area contributed by atoms with Crippen LogP contribution in [0.2, 0.25) is 0 Å². The van der Waals surface area contributed by atoms with Crippen molar-refractivity contribution < 1.29 is 40.0 Å². The molecule has 4 aromatic rings. The van der Waals surface area contributed by atoms with Crippen LogP contribution in [0.3, 0.4) is 0 Å². The molecule has 1 unspecified atom stereocenters. The molecular formula is C22H18F3N3O6S2. The van der Waals surface area contributed by atoms with Crippen molar-refractivity contribution in [3.05, 3.63) is 66.2 Å². The van der Waals surface area contributed by atoms with Crippen molar-refractivity contribution in [2.75, 3.05) is 14.2 Å². The summed E-state index contributed by atoms with van der Waals surface area (Å²) in [5, 5.41) is -0.407. The lowest BCUT2D eigenvalue weighted by atomic mass is 10.3. The Labute approximate surface area is 206 Å². The van der Waals surface area contributed by atoms with Crippen LogP contribution in [0, 0.1) is 5.82 Å². The molecule has 14 heteroatoms. The van der Waals surface area contributed by atoms with Gasteiger partial charge in [0.05, 0.1) is 52.4 Å². The molecule has 2 heterocycles. The number of imidazole rings is 1. The number of rotatable bonds is 9. The smallest absolute Gasteiger partial charge is 0.387 e. The van der Waals surface area contributed by atoms with Gasteiger partial charge < -0.3 is 14.2 Å². The lowest BCUT2D eigenvalue weighted by molar-refractivity contribution is -0.0497. The SMILES string of the molecule is COc1ccnc(CS(=O)c2nc3cc(OC(F)F)ccc3n2S(=O)(=O)c2ccc(F)cc2)c1OC. The normalized spacial score (nSPS) is 12.6. The Hall–Kier alpha value is -3.65. The minimum absolute atomic E-state index is 0.0464. The van der Waals surface area contributed by atoms with Gasteiger partial charge in [-0.2, -0.15) is 8.78 Å². The van der Waals surface area contributed by atoms with E-state index in [2.05, 4.69) is 14.7 Å². The monoisotopic (exact) mass is 541 g/mol. The van der Waals surface area contributed by atoms with Gasteiger partial charge in [0.1, 0.15) is 11.6 Å². The lowest BCUT2D eigenvalue weighted by Gasteiger charge is -2.13. The van der Waals surface area contributed by atoms with E-state index in [0.29, 0.717) is 5.75 Å². The topological polar surface area (TPSA) is 110 Å². The summed E-state index contributed by atoms with van der Waals surface area (Å²) in [7, 11) is -3.80. The molecule has 0 amide bonds. The van der Waals surface area contributed by atoms with Gasteiger partial charge in [0.25, 0.3) is 10.0 Å². The maximum Gasteiger partial charge on any atom is 0.387 e. The number of benzene rings is 2. The summed E-state index contributed by atoms with van der Waals surface area (Å²) in [6.45, 7) is -3.12. The van der Waals surface area contributed by atoms with Gasteiger partial charge in [-0.1, -0.05) is 0 Å². The first kappa shape index (κ1) is 25.4. The van der Waals surface area contributed by atoms with E-state index in [1.807, 2.05) is 0 Å². The summed E-state index contributed by atoms with van der Waals surface area (Å²) >= 11 is 0. The first-order chi connectivity index (χ1) is 17.1. The van der Waals surface area contributed by atoms with Crippen LogP contribution in [0.15, 0.2) is 64.8 Å². The Morgan fingerprint density at radius 2 is 1.78 bits per heavy atom. The summed E-state index contributed by atoms with van der Waals surface area (Å²) < 4.78 is 95.0. The van der Waals surface area contributed by atoms with E-state index in [1.165, 1.54) is 32.5 Å². The molecule has 4 rings (SSSR count). The molecule has 190 valence electrons. The van der Waals surface area contributed by atoms with Crippen molar-refractivity contribution in [1.29, 1.82) is 0 Å². The quantitative estimate of drug-likeness (QED) is 0.315. The van der Waals surface area contributed by atoms with Crippen LogP contribution >= 0.6 is 0 Å². The molecule has 0 radical (unpaired) electrons. The average molecular weight is 542 g/mol. The number of halogens is 3. The van der Waals surface area contributed by atoms with Gasteiger partial charge >= 0.3 is 6.61 Å². The number of aromatic nitrogens is 3. The molecule has 0 bridgehead atoms. The fourth-order valence-corrected chi connectivity index (χ4v) is 6.38. The van der Waals surface area contributed by atoms with Crippen LogP contribution in [0.1, 0.15) is 5.69 Å². The third kappa shape index (κ3) is 4.86. The first-order valence-corrected chi connectivity index (χ1v) is 12.8. The van der Waals surface area contributed by atoms with E-state index < -0.39 is 38.4 Å². The predicted molar refractivity (Wildman–Crippen MR) is 123 cm³/mol. The Bertz CT molecular complexity index is 1540. The largest absolute Gasteiger partial charge is 0.493 e. The number of methoxy groups -OCH3 is 2. The summed E-state index contributed by atoms with van der Waals surface area (Å²) in [4.78, 5) is 8.02. The van der Waals surface area contributed by atoms with Gasteiger partial charge in [-0.05, 0) is 36.4 Å². The molecule has 0 spiro atoms. The Morgan fingerprint density at radius 1 is 1.06 bits per heavy atom. The third-order valence-corrected chi connectivity index (χ3v) is 8.02. The maximum atomic E-state index is 13.5. The van der Waals surface area contributed by atoms with Gasteiger partial charge in [-0.3, -0.25) is 9.19 Å². The van der Waals surface area contributed by atoms with Crippen LogP contribution in [0.25, 0.3) is 11.0 Å². The highest BCUT2D eigenvalue weighted by molar-refractivity contribution is 7.91. The van der Waals surface area contributed by atoms with Crippen molar-refractivity contribution in [3.63, 3.8) is 0 Å². The molecular weight excluding hydrogens is 523 g/mol. The highest BCUT2D eigenvalue weighted by atomic mass is 32.2. The van der Waals surface area contributed by atoms with Crippen molar-refractivity contribution in [2.24, 2.45) is 0 Å². The number of nitrogens with zero attached hydrogens (tertiary/aromatic N) is 3. The predicted octanol–water partition coefficient (Wildman–Crippen LogP) is 3.73. The third-order valence-electron chi connectivity index (χ3n) is 4.97. The van der Waals surface area contributed by atoms with E-state index >= 15 is 0 Å². The molecule has 0 aliphatic heterocycles. The molecule has 2 aromatic carbocycles. The standard InChI is InChI=1S/C22H18F3N3O6S2/c1-32-19-9-10-26-17(20(19)33-2)12-35(29)22-27-16-11-14(34-21(24)25)5-8-18(16)28(22)36(30,31)15-6-3-13(23)4-7-15/h3-11,21H,12H2,1-2H3. The van der Waals surface area contributed by atoms with Gasteiger partial charge in [0.15, 0.2) is 11.5 Å². The van der Waals surface area contributed by atoms with Gasteiger partial charge in [-0.15, -0.1) is 0 Å². The Morgan fingerprint density at radius 3 is 2.42 bits per heavy atom. The molecule has 36 heavy (non-hydrogen) atoms. The zero-order valence-corrected chi connectivity index (χ0v) is 20.4. The number of ether oxygens (including phenoxy) is 3. The van der Waals surface area contributed by atoms with E-state index in [0.717, 1.165) is 40.4 Å². The zero-order chi connectivity index (χ0) is 26.0. The molecule has 2 aromatic heterocycles. The zero-order valence-electron chi connectivity index (χ0n) is 18.7. The molecule has 0 N–H and O–H groups in total. The van der Waals surface area contributed by atoms with Gasteiger partial charge in [0.2, 0.25) is 5.16 Å². The van der Waals surface area contributed by atoms with Crippen LogP contribution < -0.4 is 14.2 Å². The van der Waals surface area contributed by atoms with Gasteiger partial charge in [-0.25, -0.2) is 21.8 Å². The molecule has 9 nitrogen and oxygen atoms in total. The van der Waals surface area contributed by atoms with Crippen molar-refractivity contribution in [2.45, 2.75) is 22.4 Å². The number of alkyl halides is 2. The van der Waals surface area contributed by atoms with Crippen molar-refractivity contribution >= 4 is 31.9 Å². The summed E-state index contributed by atoms with van der Waals surface area (Å²) in [6.07, 6.45) is 1.40. The van der Waals surface area contributed by atoms with Crippen molar-refractivity contribution in [3.8, 4) is 17.2 Å². The fourth-order valence-electron chi connectivity index (χ4n) is 3.42. The van der Waals surface area contributed by atoms with Crippen LogP contribution in [-0.4, -0.2) is 47.4 Å². The summed E-state index contributed by atoms with van der Waals surface area (Å²) in [5.41, 5.74) is 0.0947. The molecule has 0 fully saturated rings. The highest BCUT2D eigenvalue weighted by Crippen LogP contribution is 2.33. The molecule has 0 saturated carbocycles.